The average molecular weight is 351 g/mol. The van der Waals surface area contributed by atoms with Gasteiger partial charge in [-0.2, -0.15) is 0 Å². The largest absolute Gasteiger partial charge is 0.477 e. The van der Waals surface area contributed by atoms with E-state index in [1.807, 2.05) is 6.20 Å². The SMILES string of the molecule is CCCCCC/C=C/CCCCCC1=NC=C[N+]1(CCN)CC(=O)O. The number of hydrogen-bond donors (Lipinski definition) is 2. The van der Waals surface area contributed by atoms with E-state index in [1.165, 1.54) is 38.5 Å². The molecule has 1 unspecified atom stereocenters. The molecule has 0 radical (unpaired) electrons. The molecule has 3 N–H and O–H groups in total. The van der Waals surface area contributed by atoms with Crippen molar-refractivity contribution in [2.75, 3.05) is 19.6 Å². The fourth-order valence-electron chi connectivity index (χ4n) is 3.28. The van der Waals surface area contributed by atoms with Crippen LogP contribution in [0.15, 0.2) is 29.5 Å². The molecule has 142 valence electrons. The maximum absolute atomic E-state index is 11.2. The molecule has 1 heterocycles. The van der Waals surface area contributed by atoms with Gasteiger partial charge in [0.25, 0.3) is 0 Å². The Bertz CT molecular complexity index is 472. The molecule has 0 bridgehead atoms. The van der Waals surface area contributed by atoms with Crippen LogP contribution in [0.5, 0.6) is 0 Å². The van der Waals surface area contributed by atoms with E-state index in [2.05, 4.69) is 24.1 Å². The van der Waals surface area contributed by atoms with Crippen LogP contribution in [-0.2, 0) is 4.79 Å². The molecular weight excluding hydrogens is 314 g/mol. The molecule has 0 spiro atoms. The number of allylic oxidation sites excluding steroid dienone is 2. The summed E-state index contributed by atoms with van der Waals surface area (Å²) < 4.78 is 0.295. The highest BCUT2D eigenvalue weighted by Crippen LogP contribution is 2.21. The highest BCUT2D eigenvalue weighted by molar-refractivity contribution is 5.81. The first-order valence-corrected chi connectivity index (χ1v) is 9.83. The molecule has 1 aliphatic heterocycles. The lowest BCUT2D eigenvalue weighted by molar-refractivity contribution is -0.778. The summed E-state index contributed by atoms with van der Waals surface area (Å²) >= 11 is 0. The second-order valence-electron chi connectivity index (χ2n) is 6.86. The van der Waals surface area contributed by atoms with Crippen LogP contribution in [0.2, 0.25) is 0 Å². The van der Waals surface area contributed by atoms with Crippen LogP contribution in [0.25, 0.3) is 0 Å². The van der Waals surface area contributed by atoms with Gasteiger partial charge in [-0.15, -0.1) is 0 Å². The van der Waals surface area contributed by atoms with Crippen molar-refractivity contribution in [1.29, 1.82) is 0 Å². The lowest BCUT2D eigenvalue weighted by Crippen LogP contribution is -2.52. The highest BCUT2D eigenvalue weighted by Gasteiger charge is 2.36. The van der Waals surface area contributed by atoms with E-state index in [0.29, 0.717) is 17.6 Å². The normalized spacial score (nSPS) is 19.7. The third-order valence-corrected chi connectivity index (χ3v) is 4.70. The van der Waals surface area contributed by atoms with Gasteiger partial charge in [0.05, 0.1) is 6.20 Å². The smallest absolute Gasteiger partial charge is 0.360 e. The van der Waals surface area contributed by atoms with Gasteiger partial charge in [-0.05, 0) is 32.1 Å². The maximum atomic E-state index is 11.2. The van der Waals surface area contributed by atoms with Gasteiger partial charge in [0, 0.05) is 13.0 Å². The number of aliphatic carboxylic acids is 1. The lowest BCUT2D eigenvalue weighted by atomic mass is 10.1. The molecule has 1 atom stereocenters. The number of rotatable bonds is 15. The Kier molecular flexibility index (Phi) is 11.1. The summed E-state index contributed by atoms with van der Waals surface area (Å²) in [5, 5.41) is 9.19. The predicted molar refractivity (Wildman–Crippen MR) is 104 cm³/mol. The van der Waals surface area contributed by atoms with Gasteiger partial charge in [0.2, 0.25) is 5.84 Å². The zero-order valence-corrected chi connectivity index (χ0v) is 15.8. The average Bonchev–Trinajstić information content (AvgIpc) is 2.94. The number of carboxylic acids is 1. The Balaban J connectivity index is 2.20. The molecule has 1 aliphatic rings. The van der Waals surface area contributed by atoms with E-state index in [4.69, 9.17) is 5.73 Å². The summed E-state index contributed by atoms with van der Waals surface area (Å²) in [6.07, 6.45) is 20.1. The molecule has 0 fully saturated rings. The van der Waals surface area contributed by atoms with E-state index in [9.17, 15) is 9.90 Å². The minimum absolute atomic E-state index is 0.0350. The van der Waals surface area contributed by atoms with E-state index in [1.54, 1.807) is 6.20 Å². The first-order valence-electron chi connectivity index (χ1n) is 9.83. The zero-order valence-electron chi connectivity index (χ0n) is 15.8. The number of nitrogens with two attached hydrogens (primary N) is 1. The number of quaternary nitrogens is 1. The number of unbranched alkanes of at least 4 members (excludes halogenated alkanes) is 7. The molecule has 1 rings (SSSR count). The highest BCUT2D eigenvalue weighted by atomic mass is 16.4. The van der Waals surface area contributed by atoms with Crippen LogP contribution in [0.4, 0.5) is 0 Å². The van der Waals surface area contributed by atoms with Gasteiger partial charge in [0.15, 0.2) is 6.54 Å². The van der Waals surface area contributed by atoms with Crippen molar-refractivity contribution in [3.8, 4) is 0 Å². The summed E-state index contributed by atoms with van der Waals surface area (Å²) in [6.45, 7) is 3.33. The Morgan fingerprint density at radius 1 is 1.16 bits per heavy atom. The molecule has 0 aromatic rings. The minimum atomic E-state index is -0.809. The van der Waals surface area contributed by atoms with Crippen molar-refractivity contribution in [1.82, 2.24) is 0 Å². The van der Waals surface area contributed by atoms with Crippen LogP contribution in [-0.4, -0.2) is 41.0 Å². The maximum Gasteiger partial charge on any atom is 0.360 e. The number of carbonyl (C=O) groups is 1. The first kappa shape index (κ1) is 21.6. The van der Waals surface area contributed by atoms with E-state index in [-0.39, 0.29) is 6.54 Å². The van der Waals surface area contributed by atoms with Crippen LogP contribution >= 0.6 is 0 Å². The molecule has 0 aliphatic carbocycles. The number of nitrogens with zero attached hydrogens (tertiary/aromatic N) is 2. The lowest BCUT2D eigenvalue weighted by Gasteiger charge is -2.30. The monoisotopic (exact) mass is 350 g/mol. The van der Waals surface area contributed by atoms with Gasteiger partial charge in [0.1, 0.15) is 12.7 Å². The summed E-state index contributed by atoms with van der Waals surface area (Å²) in [5.74, 6) is 0.135. The molecule has 5 heteroatoms. The molecule has 0 aromatic heterocycles. The second-order valence-corrected chi connectivity index (χ2v) is 6.86. The predicted octanol–water partition coefficient (Wildman–Crippen LogP) is 4.21. The van der Waals surface area contributed by atoms with Crippen molar-refractivity contribution in [2.45, 2.75) is 71.1 Å². The Hall–Kier alpha value is -1.46. The topological polar surface area (TPSA) is 75.7 Å². The van der Waals surface area contributed by atoms with Crippen LogP contribution in [0, 0.1) is 0 Å². The van der Waals surface area contributed by atoms with Crippen molar-refractivity contribution in [2.24, 2.45) is 10.7 Å². The van der Waals surface area contributed by atoms with E-state index in [0.717, 1.165) is 31.5 Å². The van der Waals surface area contributed by atoms with Crippen LogP contribution in [0.3, 0.4) is 0 Å². The summed E-state index contributed by atoms with van der Waals surface area (Å²) in [4.78, 5) is 15.6. The fourth-order valence-corrected chi connectivity index (χ4v) is 3.28. The third kappa shape index (κ3) is 8.45. The summed E-state index contributed by atoms with van der Waals surface area (Å²) in [5.41, 5.74) is 5.69. The quantitative estimate of drug-likeness (QED) is 0.264. The molecule has 25 heavy (non-hydrogen) atoms. The Morgan fingerprint density at radius 3 is 2.44 bits per heavy atom. The molecule has 0 saturated carbocycles. The van der Waals surface area contributed by atoms with Gasteiger partial charge >= 0.3 is 5.97 Å². The van der Waals surface area contributed by atoms with Crippen LogP contribution in [0.1, 0.15) is 71.1 Å². The molecule has 0 amide bonds. The van der Waals surface area contributed by atoms with E-state index >= 15 is 0 Å². The van der Waals surface area contributed by atoms with E-state index < -0.39 is 5.97 Å². The second kappa shape index (κ2) is 12.8. The Morgan fingerprint density at radius 2 is 1.84 bits per heavy atom. The zero-order chi connectivity index (χ0) is 18.4. The van der Waals surface area contributed by atoms with Crippen molar-refractivity contribution < 1.29 is 14.4 Å². The third-order valence-electron chi connectivity index (χ3n) is 4.70. The fraction of sp³-hybridized carbons (Fsp3) is 0.700. The summed E-state index contributed by atoms with van der Waals surface area (Å²) in [7, 11) is 0. The van der Waals surface area contributed by atoms with Crippen molar-refractivity contribution in [3.63, 3.8) is 0 Å². The van der Waals surface area contributed by atoms with Gasteiger partial charge in [-0.25, -0.2) is 14.3 Å². The molecule has 0 aromatic carbocycles. The molecule has 0 saturated heterocycles. The molecule has 5 nitrogen and oxygen atoms in total. The van der Waals surface area contributed by atoms with Crippen molar-refractivity contribution >= 4 is 11.8 Å². The standard InChI is InChI=1S/C20H35N3O2/c1-2-3-4-5-6-7-8-9-10-11-12-13-19-22-15-17-23(19,16-14-21)18-20(24)25/h7-8,15,17H,2-6,9-14,16,18,21H2,1H3/p+1/b8-7+. The van der Waals surface area contributed by atoms with Crippen LogP contribution < -0.4 is 5.73 Å². The van der Waals surface area contributed by atoms with Gasteiger partial charge in [-0.3, -0.25) is 0 Å². The van der Waals surface area contributed by atoms with Gasteiger partial charge in [-0.1, -0.05) is 44.8 Å². The number of carboxylic acid groups (broad SMARTS) is 1. The minimum Gasteiger partial charge on any atom is -0.477 e. The Labute approximate surface area is 152 Å². The van der Waals surface area contributed by atoms with Crippen molar-refractivity contribution in [3.05, 3.63) is 24.6 Å². The number of amidine groups is 1. The summed E-state index contributed by atoms with van der Waals surface area (Å²) in [6, 6.07) is 0. The first-order chi connectivity index (χ1) is 12.1. The number of hydrogen-bond acceptors (Lipinski definition) is 3. The number of aliphatic imine (C=N–C) groups is 1. The molecular formula is C20H36N3O2+. The van der Waals surface area contributed by atoms with Gasteiger partial charge < -0.3 is 10.8 Å².